The summed E-state index contributed by atoms with van der Waals surface area (Å²) in [7, 11) is 1.28. The molecule has 0 heterocycles. The van der Waals surface area contributed by atoms with Crippen molar-refractivity contribution in [2.45, 2.75) is 58.2 Å². The Balaban J connectivity index is 2.06. The smallest absolute Gasteiger partial charge is 0.480 e. The summed E-state index contributed by atoms with van der Waals surface area (Å²) in [6, 6.07) is 0. The van der Waals surface area contributed by atoms with Crippen LogP contribution in [0.5, 0.6) is 0 Å². The van der Waals surface area contributed by atoms with Crippen molar-refractivity contribution in [3.63, 3.8) is 0 Å². The molecule has 0 aromatic carbocycles. The van der Waals surface area contributed by atoms with Crippen LogP contribution in [-0.2, 0) is 19.0 Å². The van der Waals surface area contributed by atoms with Crippen LogP contribution in [0.15, 0.2) is 11.6 Å². The molecule has 0 saturated heterocycles. The molecule has 7 heteroatoms. The Bertz CT molecular complexity index is 779. The Morgan fingerprint density at radius 2 is 2.06 bits per heavy atom. The third-order valence-electron chi connectivity index (χ3n) is 5.82. The average molecular weight is 433 g/mol. The molecule has 6 atom stereocenters. The molecule has 2 saturated carbocycles. The zero-order valence-corrected chi connectivity index (χ0v) is 18.4. The van der Waals surface area contributed by atoms with Gasteiger partial charge in [0.1, 0.15) is 18.8 Å². The molecule has 2 fully saturated rings. The fourth-order valence-electron chi connectivity index (χ4n) is 4.22. The van der Waals surface area contributed by atoms with Gasteiger partial charge in [0.05, 0.1) is 19.6 Å². The van der Waals surface area contributed by atoms with Crippen LogP contribution >= 0.6 is 0 Å². The van der Waals surface area contributed by atoms with Crippen LogP contribution in [0.3, 0.4) is 0 Å². The summed E-state index contributed by atoms with van der Waals surface area (Å²) < 4.78 is 15.2. The zero-order valence-electron chi connectivity index (χ0n) is 18.4. The predicted molar refractivity (Wildman–Crippen MR) is 114 cm³/mol. The minimum atomic E-state index is -0.992. The van der Waals surface area contributed by atoms with Gasteiger partial charge in [0, 0.05) is 18.8 Å². The van der Waals surface area contributed by atoms with Gasteiger partial charge in [-0.2, -0.15) is 0 Å². The van der Waals surface area contributed by atoms with Gasteiger partial charge in [0.15, 0.2) is 0 Å². The Labute approximate surface area is 184 Å². The van der Waals surface area contributed by atoms with Crippen molar-refractivity contribution in [3.05, 3.63) is 11.6 Å². The van der Waals surface area contributed by atoms with Crippen LogP contribution in [0.25, 0.3) is 0 Å². The number of methoxy groups -OCH3 is 1. The maximum absolute atomic E-state index is 11.7. The van der Waals surface area contributed by atoms with E-state index in [0.717, 1.165) is 19.3 Å². The van der Waals surface area contributed by atoms with Crippen LogP contribution in [0, 0.1) is 47.4 Å². The molecule has 2 N–H and O–H groups in total. The molecule has 0 radical (unpaired) electrons. The quantitative estimate of drug-likeness (QED) is 0.276. The third kappa shape index (κ3) is 7.61. The monoisotopic (exact) mass is 432 g/mol. The summed E-state index contributed by atoms with van der Waals surface area (Å²) in [4.78, 5) is 22.2. The van der Waals surface area contributed by atoms with Crippen LogP contribution in [0.4, 0.5) is 4.79 Å². The number of aliphatic hydroxyl groups is 1. The lowest BCUT2D eigenvalue weighted by Crippen LogP contribution is -2.25. The van der Waals surface area contributed by atoms with Crippen molar-refractivity contribution in [2.24, 2.45) is 23.7 Å². The van der Waals surface area contributed by atoms with Crippen molar-refractivity contribution >= 4 is 12.1 Å². The molecule has 2 rings (SSSR count). The summed E-state index contributed by atoms with van der Waals surface area (Å²) in [5.74, 6) is 11.4. The van der Waals surface area contributed by atoms with Crippen molar-refractivity contribution in [2.75, 3.05) is 20.3 Å². The predicted octanol–water partition coefficient (Wildman–Crippen LogP) is 3.02. The van der Waals surface area contributed by atoms with Gasteiger partial charge in [-0.05, 0) is 31.1 Å². The average Bonchev–Trinajstić information content (AvgIpc) is 3.26. The molecule has 0 aliphatic heterocycles. The Morgan fingerprint density at radius 3 is 2.74 bits per heavy atom. The molecule has 2 aliphatic carbocycles. The van der Waals surface area contributed by atoms with Gasteiger partial charge >= 0.3 is 12.1 Å². The molecule has 170 valence electrons. The zero-order chi connectivity index (χ0) is 22.8. The number of aliphatic carboxylic acids is 1. The number of carboxylic acids is 1. The number of hydrogen-bond donors (Lipinski definition) is 2. The van der Waals surface area contributed by atoms with Gasteiger partial charge in [0.2, 0.25) is 0 Å². The Hall–Kier alpha value is -2.48. The first-order valence-corrected chi connectivity index (χ1v) is 10.7. The van der Waals surface area contributed by atoms with Gasteiger partial charge in [-0.1, -0.05) is 37.3 Å². The highest BCUT2D eigenvalue weighted by molar-refractivity contribution is 5.68. The molecular weight excluding hydrogens is 400 g/mol. The number of carbonyl (C=O) groups is 2. The molecular formula is C24H32O7. The second-order valence-electron chi connectivity index (χ2n) is 8.10. The summed E-state index contributed by atoms with van der Waals surface area (Å²) in [5, 5.41) is 19.1. The SMILES string of the molecule is CCC#CCC(C)C(O)C#CC1C(OC(=O)OC)CC2CC(=CCOCC(=O)O)CC21. The number of fused-ring (bicyclic) bond motifs is 1. The summed E-state index contributed by atoms with van der Waals surface area (Å²) in [6.45, 7) is 3.83. The van der Waals surface area contributed by atoms with Gasteiger partial charge in [-0.3, -0.25) is 0 Å². The second-order valence-corrected chi connectivity index (χ2v) is 8.10. The fraction of sp³-hybridized carbons (Fsp3) is 0.667. The largest absolute Gasteiger partial charge is 0.508 e. The van der Waals surface area contributed by atoms with Crippen LogP contribution in [-0.4, -0.2) is 54.9 Å². The minimum Gasteiger partial charge on any atom is -0.480 e. The van der Waals surface area contributed by atoms with E-state index in [4.69, 9.17) is 14.6 Å². The second kappa shape index (κ2) is 12.4. The van der Waals surface area contributed by atoms with E-state index in [9.17, 15) is 14.7 Å². The van der Waals surface area contributed by atoms with Gasteiger partial charge in [-0.25, -0.2) is 9.59 Å². The normalized spacial score (nSPS) is 27.3. The van der Waals surface area contributed by atoms with E-state index >= 15 is 0 Å². The lowest BCUT2D eigenvalue weighted by atomic mass is 9.90. The molecule has 31 heavy (non-hydrogen) atoms. The van der Waals surface area contributed by atoms with E-state index < -0.39 is 18.2 Å². The van der Waals surface area contributed by atoms with Gasteiger partial charge < -0.3 is 24.4 Å². The number of aliphatic hydroxyl groups excluding tert-OH is 1. The number of allylic oxidation sites excluding steroid dienone is 1. The third-order valence-corrected chi connectivity index (χ3v) is 5.82. The maximum atomic E-state index is 11.7. The number of carboxylic acid groups (broad SMARTS) is 1. The van der Waals surface area contributed by atoms with Crippen molar-refractivity contribution in [1.29, 1.82) is 0 Å². The van der Waals surface area contributed by atoms with E-state index in [0.29, 0.717) is 18.8 Å². The first kappa shape index (κ1) is 24.8. The highest BCUT2D eigenvalue weighted by Gasteiger charge is 2.48. The van der Waals surface area contributed by atoms with Crippen LogP contribution in [0.2, 0.25) is 0 Å². The minimum absolute atomic E-state index is 0.0749. The number of carbonyl (C=O) groups excluding carboxylic acids is 1. The molecule has 6 unspecified atom stereocenters. The first-order chi connectivity index (χ1) is 14.8. The molecule has 0 amide bonds. The lowest BCUT2D eigenvalue weighted by molar-refractivity contribution is -0.141. The van der Waals surface area contributed by atoms with Gasteiger partial charge in [0.25, 0.3) is 0 Å². The molecule has 7 nitrogen and oxygen atoms in total. The van der Waals surface area contributed by atoms with Gasteiger partial charge in [-0.15, -0.1) is 11.8 Å². The standard InChI is InChI=1S/C24H32O7/c1-4-5-6-7-16(2)21(25)9-8-19-20-13-17(10-11-30-15-23(26)27)12-18(20)14-22(19)31-24(28)29-3/h10,16,18-22,25H,4,7,11-15H2,1-3H3,(H,26,27). The first-order valence-electron chi connectivity index (χ1n) is 10.7. The highest BCUT2D eigenvalue weighted by Crippen LogP contribution is 2.50. The summed E-state index contributed by atoms with van der Waals surface area (Å²) in [5.41, 5.74) is 1.20. The number of hydrogen-bond acceptors (Lipinski definition) is 6. The molecule has 2 aliphatic rings. The van der Waals surface area contributed by atoms with Crippen molar-refractivity contribution < 1.29 is 34.0 Å². The van der Waals surface area contributed by atoms with E-state index in [2.05, 4.69) is 28.4 Å². The summed E-state index contributed by atoms with van der Waals surface area (Å²) in [6.07, 6.45) is 3.70. The van der Waals surface area contributed by atoms with E-state index in [-0.39, 0.29) is 37.1 Å². The topological polar surface area (TPSA) is 102 Å². The fourth-order valence-corrected chi connectivity index (χ4v) is 4.22. The van der Waals surface area contributed by atoms with Crippen LogP contribution in [0.1, 0.15) is 46.0 Å². The Kier molecular flexibility index (Phi) is 9.91. The number of rotatable bonds is 7. The molecule has 0 spiro atoms. The maximum Gasteiger partial charge on any atom is 0.508 e. The Morgan fingerprint density at radius 1 is 1.29 bits per heavy atom. The van der Waals surface area contributed by atoms with Crippen LogP contribution < -0.4 is 0 Å². The van der Waals surface area contributed by atoms with Crippen molar-refractivity contribution in [3.8, 4) is 23.7 Å². The van der Waals surface area contributed by atoms with E-state index in [1.54, 1.807) is 0 Å². The van der Waals surface area contributed by atoms with E-state index in [1.165, 1.54) is 12.7 Å². The molecule has 0 bridgehead atoms. The summed E-state index contributed by atoms with van der Waals surface area (Å²) >= 11 is 0. The lowest BCUT2D eigenvalue weighted by Gasteiger charge is -2.19. The highest BCUT2D eigenvalue weighted by atomic mass is 16.7. The molecule has 0 aromatic heterocycles. The van der Waals surface area contributed by atoms with Crippen molar-refractivity contribution in [1.82, 2.24) is 0 Å². The number of ether oxygens (including phenoxy) is 3. The van der Waals surface area contributed by atoms with E-state index in [1.807, 2.05) is 19.9 Å². The molecule has 0 aromatic rings.